The fourth-order valence-electron chi connectivity index (χ4n) is 1.28. The van der Waals surface area contributed by atoms with Gasteiger partial charge in [0.05, 0.1) is 12.9 Å². The molecule has 0 spiro atoms. The first-order valence-electron chi connectivity index (χ1n) is 5.19. The summed E-state index contributed by atoms with van der Waals surface area (Å²) >= 11 is 0. The minimum atomic E-state index is -2.25. The molecule has 0 aliphatic heterocycles. The standard InChI is InChI=1S/C10H22NO3P/c1-9(2)7-10(13)11(5-6-12)8-15(3,4)14/h9,12H,5-8H2,1-4H3. The molecule has 0 aliphatic rings. The molecular weight excluding hydrogens is 213 g/mol. The van der Waals surface area contributed by atoms with Crippen LogP contribution < -0.4 is 0 Å². The van der Waals surface area contributed by atoms with E-state index in [4.69, 9.17) is 5.11 Å². The highest BCUT2D eigenvalue weighted by molar-refractivity contribution is 7.62. The summed E-state index contributed by atoms with van der Waals surface area (Å²) in [5.74, 6) is 0.259. The molecule has 0 aromatic heterocycles. The van der Waals surface area contributed by atoms with Crippen LogP contribution in [0.2, 0.25) is 0 Å². The van der Waals surface area contributed by atoms with Gasteiger partial charge in [-0.05, 0) is 19.2 Å². The number of hydrogen-bond donors (Lipinski definition) is 1. The maximum Gasteiger partial charge on any atom is 0.223 e. The Balaban J connectivity index is 4.38. The Labute approximate surface area is 92.0 Å². The van der Waals surface area contributed by atoms with Crippen molar-refractivity contribution in [2.75, 3.05) is 32.8 Å². The third-order valence-electron chi connectivity index (χ3n) is 1.82. The topological polar surface area (TPSA) is 57.6 Å². The lowest BCUT2D eigenvalue weighted by Gasteiger charge is -2.24. The number of rotatable bonds is 6. The molecule has 1 N–H and O–H groups in total. The maximum atomic E-state index is 11.7. The van der Waals surface area contributed by atoms with Crippen LogP contribution in [0.4, 0.5) is 0 Å². The van der Waals surface area contributed by atoms with E-state index in [2.05, 4.69) is 0 Å². The van der Waals surface area contributed by atoms with Gasteiger partial charge in [0.1, 0.15) is 7.14 Å². The van der Waals surface area contributed by atoms with E-state index in [9.17, 15) is 9.36 Å². The molecule has 5 heteroatoms. The highest BCUT2D eigenvalue weighted by atomic mass is 31.2. The van der Waals surface area contributed by atoms with Crippen LogP contribution in [0, 0.1) is 5.92 Å². The molecule has 0 saturated heterocycles. The lowest BCUT2D eigenvalue weighted by atomic mass is 10.1. The zero-order valence-electron chi connectivity index (χ0n) is 10.1. The van der Waals surface area contributed by atoms with E-state index in [1.807, 2.05) is 13.8 Å². The summed E-state index contributed by atoms with van der Waals surface area (Å²) in [6, 6.07) is 0. The van der Waals surface area contributed by atoms with Crippen molar-refractivity contribution in [1.82, 2.24) is 4.90 Å². The summed E-state index contributed by atoms with van der Waals surface area (Å²) in [6.07, 6.45) is 0.707. The Morgan fingerprint density at radius 3 is 2.27 bits per heavy atom. The molecule has 0 fully saturated rings. The van der Waals surface area contributed by atoms with Crippen LogP contribution in [0.5, 0.6) is 0 Å². The number of aliphatic hydroxyl groups excluding tert-OH is 1. The molecule has 0 atom stereocenters. The number of hydrogen-bond acceptors (Lipinski definition) is 3. The van der Waals surface area contributed by atoms with Gasteiger partial charge >= 0.3 is 0 Å². The molecular formula is C10H22NO3P. The molecule has 15 heavy (non-hydrogen) atoms. The predicted octanol–water partition coefficient (Wildman–Crippen LogP) is 1.43. The number of amides is 1. The largest absolute Gasteiger partial charge is 0.395 e. The van der Waals surface area contributed by atoms with Gasteiger partial charge in [0, 0.05) is 13.0 Å². The Kier molecular flexibility index (Phi) is 6.15. The molecule has 1 amide bonds. The number of carbonyl (C=O) groups excluding carboxylic acids is 1. The van der Waals surface area contributed by atoms with Crippen LogP contribution in [0.3, 0.4) is 0 Å². The van der Waals surface area contributed by atoms with Gasteiger partial charge in [0.15, 0.2) is 0 Å². The molecule has 0 aliphatic carbocycles. The van der Waals surface area contributed by atoms with E-state index in [-0.39, 0.29) is 31.3 Å². The van der Waals surface area contributed by atoms with Crippen molar-refractivity contribution in [3.8, 4) is 0 Å². The number of aliphatic hydroxyl groups is 1. The fourth-order valence-corrected chi connectivity index (χ4v) is 2.41. The van der Waals surface area contributed by atoms with Crippen molar-refractivity contribution in [2.24, 2.45) is 5.92 Å². The number of nitrogens with zero attached hydrogens (tertiary/aromatic N) is 1. The molecule has 0 heterocycles. The summed E-state index contributed by atoms with van der Waals surface area (Å²) in [5, 5.41) is 8.83. The van der Waals surface area contributed by atoms with Gasteiger partial charge < -0.3 is 14.6 Å². The maximum absolute atomic E-state index is 11.7. The second-order valence-electron chi connectivity index (χ2n) is 4.69. The van der Waals surface area contributed by atoms with Crippen molar-refractivity contribution >= 4 is 13.0 Å². The van der Waals surface area contributed by atoms with Crippen LogP contribution in [-0.4, -0.2) is 48.7 Å². The van der Waals surface area contributed by atoms with Gasteiger partial charge in [-0.2, -0.15) is 0 Å². The molecule has 0 unspecified atom stereocenters. The zero-order valence-corrected chi connectivity index (χ0v) is 11.0. The molecule has 0 aromatic carbocycles. The minimum Gasteiger partial charge on any atom is -0.395 e. The summed E-state index contributed by atoms with van der Waals surface area (Å²) in [7, 11) is -2.25. The monoisotopic (exact) mass is 235 g/mol. The molecule has 0 rings (SSSR count). The third-order valence-corrected chi connectivity index (χ3v) is 2.84. The van der Waals surface area contributed by atoms with Crippen molar-refractivity contribution in [3.63, 3.8) is 0 Å². The lowest BCUT2D eigenvalue weighted by molar-refractivity contribution is -0.131. The lowest BCUT2D eigenvalue weighted by Crippen LogP contribution is -2.34. The van der Waals surface area contributed by atoms with Crippen molar-refractivity contribution < 1.29 is 14.5 Å². The Morgan fingerprint density at radius 1 is 1.40 bits per heavy atom. The van der Waals surface area contributed by atoms with Crippen LogP contribution >= 0.6 is 7.14 Å². The smallest absolute Gasteiger partial charge is 0.223 e. The number of carbonyl (C=O) groups is 1. The Hall–Kier alpha value is -0.340. The summed E-state index contributed by atoms with van der Waals surface area (Å²) < 4.78 is 11.6. The highest BCUT2D eigenvalue weighted by Crippen LogP contribution is 2.36. The van der Waals surface area contributed by atoms with Crippen LogP contribution in [0.1, 0.15) is 20.3 Å². The quantitative estimate of drug-likeness (QED) is 0.708. The first-order valence-corrected chi connectivity index (χ1v) is 7.97. The van der Waals surface area contributed by atoms with Crippen molar-refractivity contribution in [3.05, 3.63) is 0 Å². The van der Waals surface area contributed by atoms with E-state index in [0.717, 1.165) is 0 Å². The van der Waals surface area contributed by atoms with E-state index in [0.29, 0.717) is 6.42 Å². The van der Waals surface area contributed by atoms with Crippen molar-refractivity contribution in [1.29, 1.82) is 0 Å². The average Bonchev–Trinajstić information content (AvgIpc) is 1.99. The van der Waals surface area contributed by atoms with Gasteiger partial charge in [-0.15, -0.1) is 0 Å². The van der Waals surface area contributed by atoms with Gasteiger partial charge in [-0.1, -0.05) is 13.8 Å². The second-order valence-corrected chi connectivity index (χ2v) is 8.12. The second kappa shape index (κ2) is 6.29. The van der Waals surface area contributed by atoms with E-state index in [1.165, 1.54) is 4.90 Å². The van der Waals surface area contributed by atoms with Crippen LogP contribution in [-0.2, 0) is 9.36 Å². The minimum absolute atomic E-state index is 0.0250. The zero-order chi connectivity index (χ0) is 12.1. The van der Waals surface area contributed by atoms with E-state index in [1.54, 1.807) is 13.3 Å². The summed E-state index contributed by atoms with van der Waals surface area (Å²) in [5.41, 5.74) is 0. The first kappa shape index (κ1) is 14.7. The summed E-state index contributed by atoms with van der Waals surface area (Å²) in [6.45, 7) is 7.43. The van der Waals surface area contributed by atoms with Crippen LogP contribution in [0.15, 0.2) is 0 Å². The predicted molar refractivity (Wildman–Crippen MR) is 62.6 cm³/mol. The molecule has 4 nitrogen and oxygen atoms in total. The van der Waals surface area contributed by atoms with Gasteiger partial charge in [-0.25, -0.2) is 0 Å². The molecule has 0 aromatic rings. The Morgan fingerprint density at radius 2 is 1.93 bits per heavy atom. The molecule has 0 bridgehead atoms. The average molecular weight is 235 g/mol. The van der Waals surface area contributed by atoms with E-state index < -0.39 is 7.14 Å². The van der Waals surface area contributed by atoms with E-state index >= 15 is 0 Å². The van der Waals surface area contributed by atoms with Gasteiger partial charge in [-0.3, -0.25) is 4.79 Å². The summed E-state index contributed by atoms with van der Waals surface area (Å²) in [4.78, 5) is 13.2. The molecule has 0 radical (unpaired) electrons. The SMILES string of the molecule is CC(C)CC(=O)N(CCO)CP(C)(C)=O. The van der Waals surface area contributed by atoms with Crippen molar-refractivity contribution in [2.45, 2.75) is 20.3 Å². The highest BCUT2D eigenvalue weighted by Gasteiger charge is 2.19. The third kappa shape index (κ3) is 7.57. The fraction of sp³-hybridized carbons (Fsp3) is 0.900. The normalized spacial score (nSPS) is 11.9. The first-order chi connectivity index (χ1) is 6.76. The Bertz CT molecular complexity index is 247. The van der Waals surface area contributed by atoms with Gasteiger partial charge in [0.2, 0.25) is 5.91 Å². The van der Waals surface area contributed by atoms with Crippen LogP contribution in [0.25, 0.3) is 0 Å². The van der Waals surface area contributed by atoms with Gasteiger partial charge in [0.25, 0.3) is 0 Å². The molecule has 0 saturated carbocycles. The molecule has 90 valence electrons.